The predicted molar refractivity (Wildman–Crippen MR) is 57.1 cm³/mol. The summed E-state index contributed by atoms with van der Waals surface area (Å²) in [5.74, 6) is -0.0388. The summed E-state index contributed by atoms with van der Waals surface area (Å²) in [4.78, 5) is 13.3. The molecule has 0 aromatic carbocycles. The molecule has 0 aliphatic heterocycles. The van der Waals surface area contributed by atoms with Crippen LogP contribution in [-0.2, 0) is 4.79 Å². The highest BCUT2D eigenvalue weighted by molar-refractivity contribution is 5.78. The van der Waals surface area contributed by atoms with Crippen LogP contribution in [0.4, 0.5) is 0 Å². The molecule has 1 amide bonds. The number of aliphatic hydroxyl groups is 1. The van der Waals surface area contributed by atoms with E-state index in [9.17, 15) is 4.79 Å². The fraction of sp³-hybridized carbons (Fsp3) is 0.900. The Morgan fingerprint density at radius 2 is 2.07 bits per heavy atom. The molecule has 0 radical (unpaired) electrons. The van der Waals surface area contributed by atoms with Crippen molar-refractivity contribution in [1.82, 2.24) is 10.2 Å². The van der Waals surface area contributed by atoms with E-state index in [0.717, 1.165) is 6.42 Å². The number of hydrogen-bond donors (Lipinski definition) is 2. The van der Waals surface area contributed by atoms with Crippen molar-refractivity contribution in [3.05, 3.63) is 0 Å². The molecule has 0 unspecified atom stereocenters. The van der Waals surface area contributed by atoms with Crippen molar-refractivity contribution < 1.29 is 9.90 Å². The number of nitrogens with one attached hydrogen (secondary N) is 1. The normalized spacial score (nSPS) is 11.9. The number of amides is 1. The highest BCUT2D eigenvalue weighted by Gasteiger charge is 2.22. The minimum absolute atomic E-state index is 0.00732. The lowest BCUT2D eigenvalue weighted by Crippen LogP contribution is -2.46. The van der Waals surface area contributed by atoms with E-state index in [-0.39, 0.29) is 18.1 Å². The number of hydrogen-bond acceptors (Lipinski definition) is 3. The van der Waals surface area contributed by atoms with Gasteiger partial charge in [-0.25, -0.2) is 0 Å². The van der Waals surface area contributed by atoms with Crippen LogP contribution in [0.2, 0.25) is 0 Å². The van der Waals surface area contributed by atoms with Gasteiger partial charge >= 0.3 is 0 Å². The molecule has 0 heterocycles. The van der Waals surface area contributed by atoms with E-state index in [4.69, 9.17) is 5.11 Å². The second-order valence-electron chi connectivity index (χ2n) is 4.10. The molecule has 0 saturated heterocycles. The predicted octanol–water partition coefficient (Wildman–Crippen LogP) is 0.215. The summed E-state index contributed by atoms with van der Waals surface area (Å²) in [6.45, 7) is 7.01. The Bertz CT molecular complexity index is 181. The van der Waals surface area contributed by atoms with Gasteiger partial charge in [0.15, 0.2) is 0 Å². The number of likely N-dealkylation sites (N-methyl/N-ethyl adjacent to an activating group) is 1. The fourth-order valence-electron chi connectivity index (χ4n) is 0.951. The second kappa shape index (κ2) is 5.98. The minimum Gasteiger partial charge on any atom is -0.395 e. The van der Waals surface area contributed by atoms with Gasteiger partial charge in [-0.2, -0.15) is 0 Å². The van der Waals surface area contributed by atoms with Crippen molar-refractivity contribution in [2.45, 2.75) is 32.7 Å². The fourth-order valence-corrected chi connectivity index (χ4v) is 0.951. The standard InChI is InChI=1S/C10H22N2O2/c1-5-10(2,3)12(4)8-9(14)11-6-7-13/h13H,5-8H2,1-4H3,(H,11,14). The Kier molecular flexibility index (Phi) is 5.72. The average molecular weight is 202 g/mol. The molecule has 0 aromatic rings. The molecule has 0 aliphatic carbocycles. The first-order valence-corrected chi connectivity index (χ1v) is 5.03. The third kappa shape index (κ3) is 4.58. The zero-order chi connectivity index (χ0) is 11.2. The molecule has 4 heteroatoms. The molecule has 84 valence electrons. The molecule has 0 atom stereocenters. The third-order valence-corrected chi connectivity index (χ3v) is 2.71. The monoisotopic (exact) mass is 202 g/mol. The summed E-state index contributed by atoms with van der Waals surface area (Å²) in [5, 5.41) is 11.2. The maximum absolute atomic E-state index is 11.3. The van der Waals surface area contributed by atoms with E-state index in [1.54, 1.807) is 0 Å². The highest BCUT2D eigenvalue weighted by atomic mass is 16.3. The Morgan fingerprint density at radius 3 is 2.50 bits per heavy atom. The highest BCUT2D eigenvalue weighted by Crippen LogP contribution is 2.15. The van der Waals surface area contributed by atoms with E-state index in [0.29, 0.717) is 13.1 Å². The van der Waals surface area contributed by atoms with Gasteiger partial charge in [-0.3, -0.25) is 9.69 Å². The molecule has 0 rings (SSSR count). The molecule has 0 aliphatic rings. The molecule has 2 N–H and O–H groups in total. The number of nitrogens with zero attached hydrogens (tertiary/aromatic N) is 1. The Morgan fingerprint density at radius 1 is 1.50 bits per heavy atom. The quantitative estimate of drug-likeness (QED) is 0.647. The van der Waals surface area contributed by atoms with Crippen molar-refractivity contribution in [1.29, 1.82) is 0 Å². The molecule has 0 fully saturated rings. The van der Waals surface area contributed by atoms with Crippen LogP contribution in [0.5, 0.6) is 0 Å². The van der Waals surface area contributed by atoms with Gasteiger partial charge in [0.25, 0.3) is 0 Å². The first-order chi connectivity index (χ1) is 6.44. The first kappa shape index (κ1) is 13.4. The molecular weight excluding hydrogens is 180 g/mol. The number of carbonyl (C=O) groups is 1. The maximum Gasteiger partial charge on any atom is 0.234 e. The molecule has 0 spiro atoms. The maximum atomic E-state index is 11.3. The van der Waals surface area contributed by atoms with Crippen molar-refractivity contribution in [3.63, 3.8) is 0 Å². The van der Waals surface area contributed by atoms with Crippen LogP contribution in [0.15, 0.2) is 0 Å². The second-order valence-corrected chi connectivity index (χ2v) is 4.10. The van der Waals surface area contributed by atoms with Gasteiger partial charge in [-0.1, -0.05) is 6.92 Å². The summed E-state index contributed by atoms with van der Waals surface area (Å²) in [6, 6.07) is 0. The summed E-state index contributed by atoms with van der Waals surface area (Å²) < 4.78 is 0. The van der Waals surface area contributed by atoms with Gasteiger partial charge in [0, 0.05) is 12.1 Å². The van der Waals surface area contributed by atoms with Crippen LogP contribution in [-0.4, -0.2) is 48.2 Å². The van der Waals surface area contributed by atoms with Crippen molar-refractivity contribution in [2.24, 2.45) is 0 Å². The van der Waals surface area contributed by atoms with E-state index >= 15 is 0 Å². The van der Waals surface area contributed by atoms with Gasteiger partial charge in [0.2, 0.25) is 5.91 Å². The molecule has 0 saturated carbocycles. The Hall–Kier alpha value is -0.610. The zero-order valence-corrected chi connectivity index (χ0v) is 9.63. The Balaban J connectivity index is 3.93. The van der Waals surface area contributed by atoms with Gasteiger partial charge in [0.05, 0.1) is 13.2 Å². The molecule has 4 nitrogen and oxygen atoms in total. The SMILES string of the molecule is CCC(C)(C)N(C)CC(=O)NCCO. The summed E-state index contributed by atoms with van der Waals surface area (Å²) in [5.41, 5.74) is 0.0382. The minimum atomic E-state index is -0.0388. The summed E-state index contributed by atoms with van der Waals surface area (Å²) in [7, 11) is 1.93. The van der Waals surface area contributed by atoms with Crippen LogP contribution in [0.25, 0.3) is 0 Å². The van der Waals surface area contributed by atoms with E-state index < -0.39 is 0 Å². The molecular formula is C10H22N2O2. The summed E-state index contributed by atoms with van der Waals surface area (Å²) in [6.07, 6.45) is 0.997. The van der Waals surface area contributed by atoms with E-state index in [2.05, 4.69) is 26.1 Å². The third-order valence-electron chi connectivity index (χ3n) is 2.71. The van der Waals surface area contributed by atoms with Gasteiger partial charge in [-0.15, -0.1) is 0 Å². The van der Waals surface area contributed by atoms with Crippen LogP contribution in [0.3, 0.4) is 0 Å². The lowest BCUT2D eigenvalue weighted by atomic mass is 10.0. The number of rotatable bonds is 6. The molecule has 0 bridgehead atoms. The van der Waals surface area contributed by atoms with Gasteiger partial charge in [0.1, 0.15) is 0 Å². The average Bonchev–Trinajstić information content (AvgIpc) is 2.14. The Labute approximate surface area is 86.3 Å². The number of carbonyl (C=O) groups excluding carboxylic acids is 1. The van der Waals surface area contributed by atoms with E-state index in [1.165, 1.54) is 0 Å². The van der Waals surface area contributed by atoms with Crippen molar-refractivity contribution in [3.8, 4) is 0 Å². The van der Waals surface area contributed by atoms with Crippen LogP contribution in [0.1, 0.15) is 27.2 Å². The van der Waals surface area contributed by atoms with Crippen LogP contribution in [0, 0.1) is 0 Å². The van der Waals surface area contributed by atoms with Crippen LogP contribution >= 0.6 is 0 Å². The first-order valence-electron chi connectivity index (χ1n) is 5.03. The van der Waals surface area contributed by atoms with Crippen molar-refractivity contribution in [2.75, 3.05) is 26.7 Å². The van der Waals surface area contributed by atoms with Gasteiger partial charge < -0.3 is 10.4 Å². The lowest BCUT2D eigenvalue weighted by molar-refractivity contribution is -0.123. The molecule has 14 heavy (non-hydrogen) atoms. The largest absolute Gasteiger partial charge is 0.395 e. The smallest absolute Gasteiger partial charge is 0.234 e. The topological polar surface area (TPSA) is 52.6 Å². The van der Waals surface area contributed by atoms with Crippen molar-refractivity contribution >= 4 is 5.91 Å². The molecule has 0 aromatic heterocycles. The number of aliphatic hydroxyl groups excluding tert-OH is 1. The van der Waals surface area contributed by atoms with E-state index in [1.807, 2.05) is 11.9 Å². The lowest BCUT2D eigenvalue weighted by Gasteiger charge is -2.34. The zero-order valence-electron chi connectivity index (χ0n) is 9.63. The van der Waals surface area contributed by atoms with Gasteiger partial charge in [-0.05, 0) is 27.3 Å². The summed E-state index contributed by atoms with van der Waals surface area (Å²) >= 11 is 0. The van der Waals surface area contributed by atoms with Crippen LogP contribution < -0.4 is 5.32 Å².